The highest BCUT2D eigenvalue weighted by molar-refractivity contribution is 8.01. The number of nitrogens with one attached hydrogen (secondary N) is 1. The van der Waals surface area contributed by atoms with E-state index in [2.05, 4.69) is 5.32 Å². The minimum absolute atomic E-state index is 0.0639. The van der Waals surface area contributed by atoms with Gasteiger partial charge in [-0.25, -0.2) is 0 Å². The third-order valence-corrected chi connectivity index (χ3v) is 4.43. The van der Waals surface area contributed by atoms with E-state index in [1.807, 2.05) is 24.3 Å². The molecule has 0 radical (unpaired) electrons. The molecule has 1 amide bonds. The van der Waals surface area contributed by atoms with E-state index in [-0.39, 0.29) is 17.7 Å². The Balaban J connectivity index is 1.87. The minimum Gasteiger partial charge on any atom is -0.481 e. The van der Waals surface area contributed by atoms with E-state index >= 15 is 0 Å². The second kappa shape index (κ2) is 5.85. The molecule has 2 rings (SSSR count). The normalized spacial score (nSPS) is 20.0. The van der Waals surface area contributed by atoms with Gasteiger partial charge in [0.15, 0.2) is 0 Å². The predicted molar refractivity (Wildman–Crippen MR) is 75.7 cm³/mol. The standard InChI is InChI=1S/C14H17NO4S/c1-14(19,7-12(16)17)8-15-13(18)11-6-9-4-2-3-5-10(9)20-11/h2-5,11,19H,6-8H2,1H3,(H,15,18)(H,16,17). The molecule has 5 nitrogen and oxygen atoms in total. The van der Waals surface area contributed by atoms with Crippen LogP contribution in [-0.4, -0.2) is 39.5 Å². The average Bonchev–Trinajstić information content (AvgIpc) is 2.78. The molecule has 6 heteroatoms. The van der Waals surface area contributed by atoms with Crippen molar-refractivity contribution in [2.24, 2.45) is 0 Å². The molecule has 2 atom stereocenters. The van der Waals surface area contributed by atoms with Gasteiger partial charge in [-0.05, 0) is 25.0 Å². The van der Waals surface area contributed by atoms with Crippen LogP contribution >= 0.6 is 11.8 Å². The third-order valence-electron chi connectivity index (χ3n) is 3.12. The van der Waals surface area contributed by atoms with E-state index in [0.717, 1.165) is 10.5 Å². The fourth-order valence-corrected chi connectivity index (χ4v) is 3.33. The number of hydrogen-bond acceptors (Lipinski definition) is 4. The third kappa shape index (κ3) is 3.74. The molecular formula is C14H17NO4S. The summed E-state index contributed by atoms with van der Waals surface area (Å²) in [5.41, 5.74) is -0.285. The van der Waals surface area contributed by atoms with Crippen LogP contribution in [0.5, 0.6) is 0 Å². The maximum atomic E-state index is 12.1. The maximum absolute atomic E-state index is 12.1. The number of aliphatic carboxylic acids is 1. The number of carbonyl (C=O) groups is 2. The molecule has 0 aromatic heterocycles. The molecule has 1 aromatic rings. The van der Waals surface area contributed by atoms with E-state index in [9.17, 15) is 14.7 Å². The highest BCUT2D eigenvalue weighted by atomic mass is 32.2. The van der Waals surface area contributed by atoms with E-state index in [0.29, 0.717) is 6.42 Å². The molecule has 1 aliphatic rings. The molecule has 0 spiro atoms. The van der Waals surface area contributed by atoms with E-state index in [4.69, 9.17) is 5.11 Å². The zero-order valence-electron chi connectivity index (χ0n) is 11.1. The van der Waals surface area contributed by atoms with Crippen LogP contribution in [-0.2, 0) is 16.0 Å². The predicted octanol–water partition coefficient (Wildman–Crippen LogP) is 1.05. The van der Waals surface area contributed by atoms with Gasteiger partial charge in [-0.3, -0.25) is 9.59 Å². The van der Waals surface area contributed by atoms with Crippen LogP contribution < -0.4 is 5.32 Å². The Bertz CT molecular complexity index is 505. The highest BCUT2D eigenvalue weighted by Gasteiger charge is 2.30. The van der Waals surface area contributed by atoms with E-state index in [1.54, 1.807) is 0 Å². The number of carboxylic acids is 1. The molecule has 0 saturated heterocycles. The van der Waals surface area contributed by atoms with Gasteiger partial charge >= 0.3 is 5.97 Å². The topological polar surface area (TPSA) is 86.6 Å². The summed E-state index contributed by atoms with van der Waals surface area (Å²) < 4.78 is 0. The van der Waals surface area contributed by atoms with Crippen LogP contribution in [0.2, 0.25) is 0 Å². The van der Waals surface area contributed by atoms with Gasteiger partial charge in [0.25, 0.3) is 0 Å². The quantitative estimate of drug-likeness (QED) is 0.756. The molecule has 1 aliphatic heterocycles. The SMILES string of the molecule is CC(O)(CNC(=O)C1Cc2ccccc2S1)CC(=O)O. The zero-order chi connectivity index (χ0) is 14.8. The molecule has 0 fully saturated rings. The van der Waals surface area contributed by atoms with Crippen molar-refractivity contribution in [2.75, 3.05) is 6.54 Å². The molecule has 20 heavy (non-hydrogen) atoms. The van der Waals surface area contributed by atoms with E-state index < -0.39 is 18.0 Å². The summed E-state index contributed by atoms with van der Waals surface area (Å²) in [5, 5.41) is 20.9. The molecule has 3 N–H and O–H groups in total. The Hall–Kier alpha value is -1.53. The van der Waals surface area contributed by atoms with Crippen molar-refractivity contribution in [3.8, 4) is 0 Å². The molecule has 1 heterocycles. The molecule has 2 unspecified atom stereocenters. The lowest BCUT2D eigenvalue weighted by atomic mass is 10.0. The fraction of sp³-hybridized carbons (Fsp3) is 0.429. The van der Waals surface area contributed by atoms with Gasteiger partial charge in [0.2, 0.25) is 5.91 Å². The first-order valence-corrected chi connectivity index (χ1v) is 7.22. The zero-order valence-corrected chi connectivity index (χ0v) is 11.9. The molecule has 0 aliphatic carbocycles. The lowest BCUT2D eigenvalue weighted by molar-refractivity contribution is -0.142. The number of hydrogen-bond donors (Lipinski definition) is 3. The molecule has 108 valence electrons. The Morgan fingerprint density at radius 1 is 1.45 bits per heavy atom. The van der Waals surface area contributed by atoms with Gasteiger partial charge < -0.3 is 15.5 Å². The lowest BCUT2D eigenvalue weighted by Crippen LogP contribution is -2.44. The summed E-state index contributed by atoms with van der Waals surface area (Å²) in [6.07, 6.45) is 0.263. The Morgan fingerprint density at radius 2 is 2.15 bits per heavy atom. The Labute approximate surface area is 121 Å². The number of aliphatic hydroxyl groups is 1. The van der Waals surface area contributed by atoms with Crippen molar-refractivity contribution in [2.45, 2.75) is 35.5 Å². The van der Waals surface area contributed by atoms with Gasteiger partial charge in [-0.1, -0.05) is 18.2 Å². The van der Waals surface area contributed by atoms with Crippen molar-refractivity contribution < 1.29 is 19.8 Å². The van der Waals surface area contributed by atoms with Gasteiger partial charge in [0, 0.05) is 11.4 Å². The number of benzene rings is 1. The minimum atomic E-state index is -1.43. The number of carboxylic acid groups (broad SMARTS) is 1. The highest BCUT2D eigenvalue weighted by Crippen LogP contribution is 2.36. The second-order valence-electron chi connectivity index (χ2n) is 5.20. The molecule has 1 aromatic carbocycles. The fourth-order valence-electron chi connectivity index (χ4n) is 2.11. The van der Waals surface area contributed by atoms with Crippen LogP contribution in [0.3, 0.4) is 0 Å². The summed E-state index contributed by atoms with van der Waals surface area (Å²) in [6.45, 7) is 1.34. The lowest BCUT2D eigenvalue weighted by Gasteiger charge is -2.22. The second-order valence-corrected chi connectivity index (χ2v) is 6.45. The summed E-state index contributed by atoms with van der Waals surface area (Å²) >= 11 is 1.50. The van der Waals surface area contributed by atoms with Gasteiger partial charge in [0.05, 0.1) is 17.3 Å². The van der Waals surface area contributed by atoms with Gasteiger partial charge in [-0.15, -0.1) is 11.8 Å². The summed E-state index contributed by atoms with van der Waals surface area (Å²) in [7, 11) is 0. The van der Waals surface area contributed by atoms with Crippen LogP contribution in [0.15, 0.2) is 29.2 Å². The van der Waals surface area contributed by atoms with Crippen molar-refractivity contribution in [3.05, 3.63) is 29.8 Å². The van der Waals surface area contributed by atoms with Crippen LogP contribution in [0, 0.1) is 0 Å². The Kier molecular flexibility index (Phi) is 4.35. The van der Waals surface area contributed by atoms with E-state index in [1.165, 1.54) is 18.7 Å². The molecule has 0 bridgehead atoms. The van der Waals surface area contributed by atoms with Crippen LogP contribution in [0.4, 0.5) is 0 Å². The summed E-state index contributed by atoms with van der Waals surface area (Å²) in [5.74, 6) is -1.26. The number of fused-ring (bicyclic) bond motifs is 1. The van der Waals surface area contributed by atoms with Crippen molar-refractivity contribution in [1.82, 2.24) is 5.32 Å². The number of amides is 1. The van der Waals surface area contributed by atoms with Crippen LogP contribution in [0.1, 0.15) is 18.9 Å². The van der Waals surface area contributed by atoms with Gasteiger partial charge in [0.1, 0.15) is 0 Å². The van der Waals surface area contributed by atoms with Crippen molar-refractivity contribution >= 4 is 23.6 Å². The molecule has 0 saturated carbocycles. The first-order chi connectivity index (χ1) is 9.37. The largest absolute Gasteiger partial charge is 0.481 e. The van der Waals surface area contributed by atoms with Gasteiger partial charge in [-0.2, -0.15) is 0 Å². The monoisotopic (exact) mass is 295 g/mol. The summed E-state index contributed by atoms with van der Waals surface area (Å²) in [6, 6.07) is 7.85. The maximum Gasteiger partial charge on any atom is 0.306 e. The smallest absolute Gasteiger partial charge is 0.306 e. The average molecular weight is 295 g/mol. The van der Waals surface area contributed by atoms with Crippen LogP contribution in [0.25, 0.3) is 0 Å². The number of carbonyl (C=O) groups excluding carboxylic acids is 1. The van der Waals surface area contributed by atoms with Crippen molar-refractivity contribution in [3.63, 3.8) is 0 Å². The van der Waals surface area contributed by atoms with Crippen molar-refractivity contribution in [1.29, 1.82) is 0 Å². The molecular weight excluding hydrogens is 278 g/mol. The summed E-state index contributed by atoms with van der Waals surface area (Å²) in [4.78, 5) is 23.7. The number of rotatable bonds is 5. The Morgan fingerprint density at radius 3 is 2.80 bits per heavy atom. The number of thioether (sulfide) groups is 1. The first kappa shape index (κ1) is 14.9. The first-order valence-electron chi connectivity index (χ1n) is 6.34.